The number of halogens is 1. The van der Waals surface area contributed by atoms with Crippen LogP contribution in [0.1, 0.15) is 25.8 Å². The van der Waals surface area contributed by atoms with E-state index in [1.807, 2.05) is 12.3 Å². The van der Waals surface area contributed by atoms with E-state index in [1.54, 1.807) is 0 Å². The monoisotopic (exact) mass is 284 g/mol. The molecule has 0 spiro atoms. The molecule has 2 atom stereocenters. The van der Waals surface area contributed by atoms with Crippen LogP contribution in [-0.4, -0.2) is 23.2 Å². The van der Waals surface area contributed by atoms with E-state index < -0.39 is 0 Å². The highest BCUT2D eigenvalue weighted by Crippen LogP contribution is 2.32. The number of hydrogen-bond donors (Lipinski definition) is 1. The van der Waals surface area contributed by atoms with Gasteiger partial charge in [0.2, 0.25) is 0 Å². The van der Waals surface area contributed by atoms with Gasteiger partial charge in [0.05, 0.1) is 16.1 Å². The van der Waals surface area contributed by atoms with E-state index in [2.05, 4.69) is 47.0 Å². The van der Waals surface area contributed by atoms with Gasteiger partial charge in [-0.15, -0.1) is 0 Å². The number of rotatable bonds is 2. The first-order valence-corrected chi connectivity index (χ1v) is 6.33. The van der Waals surface area contributed by atoms with Crippen molar-refractivity contribution in [3.63, 3.8) is 0 Å². The summed E-state index contributed by atoms with van der Waals surface area (Å²) in [6, 6.07) is 1.99. The lowest BCUT2D eigenvalue weighted by atomic mass is 9.95. The molecule has 0 saturated carbocycles. The molecule has 0 aromatic carbocycles. The van der Waals surface area contributed by atoms with Crippen LogP contribution >= 0.6 is 15.9 Å². The zero-order chi connectivity index (χ0) is 11.8. The van der Waals surface area contributed by atoms with Gasteiger partial charge in [0.25, 0.3) is 0 Å². The zero-order valence-electron chi connectivity index (χ0n) is 9.88. The Morgan fingerprint density at radius 3 is 3.00 bits per heavy atom. The zero-order valence-corrected chi connectivity index (χ0v) is 11.5. The minimum Gasteiger partial charge on any atom is -0.376 e. The number of nitrogens with one attached hydrogen (secondary N) is 1. The number of pyridine rings is 1. The molecule has 1 aliphatic heterocycles. The van der Waals surface area contributed by atoms with Gasteiger partial charge in [-0.3, -0.25) is 0 Å². The first kappa shape index (κ1) is 11.9. The maximum Gasteiger partial charge on any atom is 0.141 e. The second kappa shape index (κ2) is 4.34. The number of anilines is 1. The van der Waals surface area contributed by atoms with E-state index in [-0.39, 0.29) is 11.6 Å². The fourth-order valence-corrected chi connectivity index (χ4v) is 2.23. The number of nitrogens with zero attached hydrogens (tertiary/aromatic N) is 1. The fourth-order valence-electron chi connectivity index (χ4n) is 1.90. The standard InChI is InChI=1S/C12H17BrN2O/c1-8-4-6-14-11(10(8)13)15-12(3)5-7-16-9(12)2/h4,6,9H,5,7H2,1-3H3,(H,14,15). The largest absolute Gasteiger partial charge is 0.376 e. The lowest BCUT2D eigenvalue weighted by Gasteiger charge is -2.30. The summed E-state index contributed by atoms with van der Waals surface area (Å²) in [5.41, 5.74) is 1.16. The predicted molar refractivity (Wildman–Crippen MR) is 68.7 cm³/mol. The fraction of sp³-hybridized carbons (Fsp3) is 0.583. The molecule has 16 heavy (non-hydrogen) atoms. The van der Waals surface area contributed by atoms with Crippen molar-refractivity contribution in [1.29, 1.82) is 0 Å². The van der Waals surface area contributed by atoms with Crippen LogP contribution in [0.3, 0.4) is 0 Å². The van der Waals surface area contributed by atoms with Crippen LogP contribution in [-0.2, 0) is 4.74 Å². The Labute approximate surface area is 105 Å². The molecule has 0 aliphatic carbocycles. The van der Waals surface area contributed by atoms with Crippen LogP contribution in [0.25, 0.3) is 0 Å². The number of hydrogen-bond acceptors (Lipinski definition) is 3. The molecule has 2 rings (SSSR count). The summed E-state index contributed by atoms with van der Waals surface area (Å²) in [4.78, 5) is 4.37. The summed E-state index contributed by atoms with van der Waals surface area (Å²) >= 11 is 3.57. The van der Waals surface area contributed by atoms with Crippen molar-refractivity contribution in [1.82, 2.24) is 4.98 Å². The van der Waals surface area contributed by atoms with Crippen LogP contribution in [0.5, 0.6) is 0 Å². The first-order chi connectivity index (χ1) is 7.53. The molecule has 1 N–H and O–H groups in total. The van der Waals surface area contributed by atoms with Crippen molar-refractivity contribution in [3.8, 4) is 0 Å². The van der Waals surface area contributed by atoms with Crippen molar-refractivity contribution in [2.45, 2.75) is 38.8 Å². The van der Waals surface area contributed by atoms with Crippen molar-refractivity contribution in [2.24, 2.45) is 0 Å². The maximum absolute atomic E-state index is 5.61. The van der Waals surface area contributed by atoms with Gasteiger partial charge in [-0.2, -0.15) is 0 Å². The van der Waals surface area contributed by atoms with Crippen molar-refractivity contribution >= 4 is 21.7 Å². The topological polar surface area (TPSA) is 34.2 Å². The molecule has 0 amide bonds. The predicted octanol–water partition coefficient (Wildman–Crippen LogP) is 3.13. The van der Waals surface area contributed by atoms with Crippen LogP contribution in [0.15, 0.2) is 16.7 Å². The van der Waals surface area contributed by atoms with E-state index >= 15 is 0 Å². The average Bonchev–Trinajstić information content (AvgIpc) is 2.55. The molecule has 2 heterocycles. The molecule has 1 saturated heterocycles. The first-order valence-electron chi connectivity index (χ1n) is 5.54. The summed E-state index contributed by atoms with van der Waals surface area (Å²) in [5.74, 6) is 0.903. The van der Waals surface area contributed by atoms with Gasteiger partial charge in [0.15, 0.2) is 0 Å². The lowest BCUT2D eigenvalue weighted by Crippen LogP contribution is -2.41. The molecule has 1 aliphatic rings. The van der Waals surface area contributed by atoms with Crippen molar-refractivity contribution in [2.75, 3.05) is 11.9 Å². The molecule has 1 aromatic rings. The Hall–Kier alpha value is -0.610. The summed E-state index contributed by atoms with van der Waals surface area (Å²) < 4.78 is 6.64. The summed E-state index contributed by atoms with van der Waals surface area (Å²) in [7, 11) is 0. The van der Waals surface area contributed by atoms with Gasteiger partial charge in [0, 0.05) is 12.8 Å². The Morgan fingerprint density at radius 1 is 1.62 bits per heavy atom. The van der Waals surface area contributed by atoms with Crippen LogP contribution in [0.2, 0.25) is 0 Å². The average molecular weight is 285 g/mol. The molecular formula is C12H17BrN2O. The molecular weight excluding hydrogens is 268 g/mol. The second-order valence-electron chi connectivity index (χ2n) is 4.60. The molecule has 0 radical (unpaired) electrons. The highest BCUT2D eigenvalue weighted by molar-refractivity contribution is 9.10. The third-order valence-electron chi connectivity index (χ3n) is 3.37. The summed E-state index contributed by atoms with van der Waals surface area (Å²) in [6.07, 6.45) is 3.05. The smallest absolute Gasteiger partial charge is 0.141 e. The molecule has 4 heteroatoms. The van der Waals surface area contributed by atoms with Crippen LogP contribution < -0.4 is 5.32 Å². The Bertz CT molecular complexity index is 397. The molecule has 2 unspecified atom stereocenters. The second-order valence-corrected chi connectivity index (χ2v) is 5.39. The van der Waals surface area contributed by atoms with Gasteiger partial charge in [-0.25, -0.2) is 4.98 Å². The van der Waals surface area contributed by atoms with Gasteiger partial charge in [0.1, 0.15) is 5.82 Å². The maximum atomic E-state index is 5.61. The van der Waals surface area contributed by atoms with Crippen molar-refractivity contribution < 1.29 is 4.74 Å². The van der Waals surface area contributed by atoms with Gasteiger partial charge < -0.3 is 10.1 Å². The molecule has 88 valence electrons. The molecule has 1 fully saturated rings. The highest BCUT2D eigenvalue weighted by atomic mass is 79.9. The third kappa shape index (κ3) is 2.09. The Kier molecular flexibility index (Phi) is 3.22. The van der Waals surface area contributed by atoms with Crippen LogP contribution in [0.4, 0.5) is 5.82 Å². The SMILES string of the molecule is Cc1ccnc(NC2(C)CCOC2C)c1Br. The third-order valence-corrected chi connectivity index (χ3v) is 4.37. The Balaban J connectivity index is 2.24. The number of aromatic nitrogens is 1. The van der Waals surface area contributed by atoms with E-state index in [0.29, 0.717) is 0 Å². The summed E-state index contributed by atoms with van der Waals surface area (Å²) in [6.45, 7) is 7.16. The Morgan fingerprint density at radius 2 is 2.38 bits per heavy atom. The van der Waals surface area contributed by atoms with Gasteiger partial charge in [-0.1, -0.05) is 0 Å². The molecule has 0 bridgehead atoms. The minimum absolute atomic E-state index is 0.0245. The van der Waals surface area contributed by atoms with Crippen molar-refractivity contribution in [3.05, 3.63) is 22.3 Å². The normalized spacial score (nSPS) is 29.4. The summed E-state index contributed by atoms with van der Waals surface area (Å²) in [5, 5.41) is 3.49. The molecule has 3 nitrogen and oxygen atoms in total. The van der Waals surface area contributed by atoms with E-state index in [0.717, 1.165) is 23.3 Å². The number of ether oxygens (including phenoxy) is 1. The van der Waals surface area contributed by atoms with E-state index in [9.17, 15) is 0 Å². The quantitative estimate of drug-likeness (QED) is 0.906. The molecule has 1 aromatic heterocycles. The van der Waals surface area contributed by atoms with Gasteiger partial charge >= 0.3 is 0 Å². The minimum atomic E-state index is -0.0245. The van der Waals surface area contributed by atoms with Crippen LogP contribution in [0, 0.1) is 6.92 Å². The number of aryl methyl sites for hydroxylation is 1. The van der Waals surface area contributed by atoms with E-state index in [4.69, 9.17) is 4.74 Å². The highest BCUT2D eigenvalue weighted by Gasteiger charge is 2.37. The van der Waals surface area contributed by atoms with Gasteiger partial charge in [-0.05, 0) is 54.8 Å². The lowest BCUT2D eigenvalue weighted by molar-refractivity contribution is 0.105. The van der Waals surface area contributed by atoms with E-state index in [1.165, 1.54) is 5.56 Å².